The van der Waals surface area contributed by atoms with Gasteiger partial charge < -0.3 is 10.3 Å². The first kappa shape index (κ1) is 8.25. The van der Waals surface area contributed by atoms with Gasteiger partial charge in [0.25, 0.3) is 11.7 Å². The quantitative estimate of drug-likeness (QED) is 0.537. The summed E-state index contributed by atoms with van der Waals surface area (Å²) in [6.45, 7) is 0. The van der Waals surface area contributed by atoms with Crippen molar-refractivity contribution in [3.63, 3.8) is 0 Å². The van der Waals surface area contributed by atoms with E-state index in [4.69, 9.17) is 0 Å². The molecule has 1 aromatic rings. The van der Waals surface area contributed by atoms with Crippen LogP contribution in [0, 0.1) is 0 Å². The Balaban J connectivity index is 0.000000605. The lowest BCUT2D eigenvalue weighted by Crippen LogP contribution is -2.13. The van der Waals surface area contributed by atoms with E-state index in [1.165, 1.54) is 0 Å². The third-order valence-corrected chi connectivity index (χ3v) is 1.43. The zero-order chi connectivity index (χ0) is 7.14. The van der Waals surface area contributed by atoms with E-state index in [9.17, 15) is 9.59 Å². The standard InChI is InChI=1S/C6H4N2O2.HI/c9-5-4-3(1-2-7-4)8-6(5)10;/h1-2,7H,(H,8,9,10);1H. The van der Waals surface area contributed by atoms with Crippen molar-refractivity contribution >= 4 is 41.4 Å². The SMILES string of the molecule is I.O=C1Nc2cc[nH]c2C1=O. The minimum Gasteiger partial charge on any atom is -0.357 e. The van der Waals surface area contributed by atoms with Gasteiger partial charge in [-0.2, -0.15) is 0 Å². The van der Waals surface area contributed by atoms with Crippen LogP contribution in [0.3, 0.4) is 0 Å². The molecule has 0 radical (unpaired) electrons. The number of carbonyl (C=O) groups excluding carboxylic acids is 2. The van der Waals surface area contributed by atoms with Crippen molar-refractivity contribution in [3.05, 3.63) is 18.0 Å². The lowest BCUT2D eigenvalue weighted by atomic mass is 10.3. The number of nitrogens with one attached hydrogen (secondary N) is 2. The van der Waals surface area contributed by atoms with Crippen LogP contribution >= 0.6 is 24.0 Å². The van der Waals surface area contributed by atoms with Crippen molar-refractivity contribution in [2.24, 2.45) is 0 Å². The van der Waals surface area contributed by atoms with E-state index in [2.05, 4.69) is 10.3 Å². The van der Waals surface area contributed by atoms with Crippen molar-refractivity contribution in [3.8, 4) is 0 Å². The molecule has 2 rings (SSSR count). The Morgan fingerprint density at radius 2 is 2.00 bits per heavy atom. The van der Waals surface area contributed by atoms with Crippen molar-refractivity contribution in [1.82, 2.24) is 4.98 Å². The second-order valence-corrected chi connectivity index (χ2v) is 2.05. The Labute approximate surface area is 79.4 Å². The van der Waals surface area contributed by atoms with Crippen LogP contribution in [-0.4, -0.2) is 16.7 Å². The van der Waals surface area contributed by atoms with E-state index in [-0.39, 0.29) is 24.0 Å². The van der Waals surface area contributed by atoms with Crippen LogP contribution in [0.5, 0.6) is 0 Å². The molecule has 0 bridgehead atoms. The molecule has 0 saturated heterocycles. The van der Waals surface area contributed by atoms with Gasteiger partial charge in [0.2, 0.25) is 0 Å². The molecule has 5 heteroatoms. The molecular formula is C6H5IN2O2. The van der Waals surface area contributed by atoms with E-state index in [1.807, 2.05) is 0 Å². The first-order valence-electron chi connectivity index (χ1n) is 2.82. The predicted molar refractivity (Wildman–Crippen MR) is 49.2 cm³/mol. The summed E-state index contributed by atoms with van der Waals surface area (Å²) < 4.78 is 0. The van der Waals surface area contributed by atoms with E-state index >= 15 is 0 Å². The number of carbonyl (C=O) groups is 2. The Kier molecular flexibility index (Phi) is 1.99. The summed E-state index contributed by atoms with van der Waals surface area (Å²) in [5.41, 5.74) is 0.944. The molecule has 1 amide bonds. The molecule has 1 aliphatic heterocycles. The van der Waals surface area contributed by atoms with Crippen LogP contribution in [0.2, 0.25) is 0 Å². The minimum atomic E-state index is -0.554. The van der Waals surface area contributed by atoms with Crippen molar-refractivity contribution in [2.75, 3.05) is 5.32 Å². The topological polar surface area (TPSA) is 62.0 Å². The summed E-state index contributed by atoms with van der Waals surface area (Å²) in [6, 6.07) is 1.65. The molecule has 1 aliphatic rings. The fourth-order valence-corrected chi connectivity index (χ4v) is 0.954. The van der Waals surface area contributed by atoms with Gasteiger partial charge >= 0.3 is 0 Å². The highest BCUT2D eigenvalue weighted by Gasteiger charge is 2.28. The van der Waals surface area contributed by atoms with Gasteiger partial charge in [-0.25, -0.2) is 0 Å². The Hall–Kier alpha value is -0.850. The van der Waals surface area contributed by atoms with Crippen LogP contribution in [0.25, 0.3) is 0 Å². The van der Waals surface area contributed by atoms with Crippen LogP contribution in [0.4, 0.5) is 5.69 Å². The van der Waals surface area contributed by atoms with Gasteiger partial charge in [0.15, 0.2) is 0 Å². The monoisotopic (exact) mass is 264 g/mol. The molecule has 11 heavy (non-hydrogen) atoms. The first-order valence-corrected chi connectivity index (χ1v) is 2.82. The second-order valence-electron chi connectivity index (χ2n) is 2.05. The number of rotatable bonds is 0. The van der Waals surface area contributed by atoms with E-state index < -0.39 is 11.7 Å². The Morgan fingerprint density at radius 3 is 2.64 bits per heavy atom. The average Bonchev–Trinajstić information content (AvgIpc) is 2.41. The average molecular weight is 264 g/mol. The number of aromatic amines is 1. The maximum Gasteiger partial charge on any atom is 0.298 e. The van der Waals surface area contributed by atoms with Gasteiger partial charge in [0.1, 0.15) is 5.69 Å². The molecular weight excluding hydrogens is 259 g/mol. The van der Waals surface area contributed by atoms with E-state index in [0.29, 0.717) is 11.4 Å². The number of Topliss-reactive ketones (excluding diaryl/α,β-unsaturated/α-hetero) is 1. The Morgan fingerprint density at radius 1 is 1.27 bits per heavy atom. The molecule has 0 saturated carbocycles. The van der Waals surface area contributed by atoms with Gasteiger partial charge in [0, 0.05) is 6.20 Å². The summed E-state index contributed by atoms with van der Waals surface area (Å²) >= 11 is 0. The minimum absolute atomic E-state index is 0. The van der Waals surface area contributed by atoms with Crippen LogP contribution in [-0.2, 0) is 4.79 Å². The predicted octanol–water partition coefficient (Wildman–Crippen LogP) is 0.768. The number of hydrogen-bond donors (Lipinski definition) is 2. The van der Waals surface area contributed by atoms with Crippen molar-refractivity contribution < 1.29 is 9.59 Å². The van der Waals surface area contributed by atoms with Gasteiger partial charge in [-0.1, -0.05) is 0 Å². The molecule has 0 fully saturated rings. The van der Waals surface area contributed by atoms with E-state index in [0.717, 1.165) is 0 Å². The highest BCUT2D eigenvalue weighted by Crippen LogP contribution is 2.19. The van der Waals surface area contributed by atoms with Crippen LogP contribution in [0.15, 0.2) is 12.3 Å². The first-order chi connectivity index (χ1) is 4.79. The molecule has 0 spiro atoms. The molecule has 2 N–H and O–H groups in total. The van der Waals surface area contributed by atoms with Crippen LogP contribution < -0.4 is 5.32 Å². The Bertz CT molecular complexity index is 318. The lowest BCUT2D eigenvalue weighted by molar-refractivity contribution is -0.112. The second kappa shape index (κ2) is 2.65. The van der Waals surface area contributed by atoms with Crippen molar-refractivity contribution in [2.45, 2.75) is 0 Å². The third kappa shape index (κ3) is 1.05. The maximum atomic E-state index is 10.8. The zero-order valence-electron chi connectivity index (χ0n) is 5.38. The highest BCUT2D eigenvalue weighted by molar-refractivity contribution is 14.0. The van der Waals surface area contributed by atoms with Gasteiger partial charge in [-0.3, -0.25) is 9.59 Å². The van der Waals surface area contributed by atoms with Gasteiger partial charge in [-0.05, 0) is 6.07 Å². The largest absolute Gasteiger partial charge is 0.357 e. The number of aromatic nitrogens is 1. The number of ketones is 1. The summed E-state index contributed by atoms with van der Waals surface area (Å²) in [5.74, 6) is -1.04. The molecule has 0 atom stereocenters. The fraction of sp³-hybridized carbons (Fsp3) is 0. The smallest absolute Gasteiger partial charge is 0.298 e. The maximum absolute atomic E-state index is 10.8. The number of fused-ring (bicyclic) bond motifs is 1. The molecule has 58 valence electrons. The summed E-state index contributed by atoms with van der Waals surface area (Å²) in [4.78, 5) is 24.1. The summed E-state index contributed by atoms with van der Waals surface area (Å²) in [7, 11) is 0. The molecule has 1 aromatic heterocycles. The number of hydrogen-bond acceptors (Lipinski definition) is 2. The number of amides is 1. The summed E-state index contributed by atoms with van der Waals surface area (Å²) in [6.07, 6.45) is 1.61. The molecule has 0 aliphatic carbocycles. The van der Waals surface area contributed by atoms with E-state index in [1.54, 1.807) is 12.3 Å². The summed E-state index contributed by atoms with van der Waals surface area (Å²) in [5, 5.41) is 2.41. The third-order valence-electron chi connectivity index (χ3n) is 1.43. The number of H-pyrrole nitrogens is 1. The zero-order valence-corrected chi connectivity index (χ0v) is 7.71. The van der Waals surface area contributed by atoms with Crippen LogP contribution in [0.1, 0.15) is 10.5 Å². The van der Waals surface area contributed by atoms with Crippen molar-refractivity contribution in [1.29, 1.82) is 0 Å². The number of anilines is 1. The fourth-order valence-electron chi connectivity index (χ4n) is 0.954. The highest BCUT2D eigenvalue weighted by atomic mass is 127. The normalized spacial score (nSPS) is 13.8. The molecule has 2 heterocycles. The van der Waals surface area contributed by atoms with Gasteiger partial charge in [-0.15, -0.1) is 24.0 Å². The van der Waals surface area contributed by atoms with Gasteiger partial charge in [0.05, 0.1) is 5.69 Å². The molecule has 4 nitrogen and oxygen atoms in total. The lowest BCUT2D eigenvalue weighted by Gasteiger charge is -1.83. The number of halogens is 1. The molecule has 0 unspecified atom stereocenters. The molecule has 0 aromatic carbocycles.